The third kappa shape index (κ3) is 4.91. The molecule has 6 nitrogen and oxygen atoms in total. The highest BCUT2D eigenvalue weighted by molar-refractivity contribution is 5.93. The molecule has 2 rings (SSSR count). The summed E-state index contributed by atoms with van der Waals surface area (Å²) in [6.07, 6.45) is 8.94. The Morgan fingerprint density at radius 2 is 2.24 bits per heavy atom. The van der Waals surface area contributed by atoms with E-state index in [1.54, 1.807) is 24.8 Å². The lowest BCUT2D eigenvalue weighted by Gasteiger charge is -2.07. The summed E-state index contributed by atoms with van der Waals surface area (Å²) in [5.74, 6) is 0.712. The number of imidazole rings is 1. The Morgan fingerprint density at radius 3 is 2.90 bits per heavy atom. The second-order valence-electron chi connectivity index (χ2n) is 4.77. The minimum Gasteiger partial charge on any atom is -0.370 e. The lowest BCUT2D eigenvalue weighted by Crippen LogP contribution is -2.25. The Bertz CT molecular complexity index is 536. The van der Waals surface area contributed by atoms with Crippen LogP contribution < -0.4 is 10.6 Å². The van der Waals surface area contributed by atoms with Crippen LogP contribution in [-0.2, 0) is 6.54 Å². The monoisotopic (exact) mass is 287 g/mol. The first-order chi connectivity index (χ1) is 10.3. The molecule has 21 heavy (non-hydrogen) atoms. The van der Waals surface area contributed by atoms with E-state index in [4.69, 9.17) is 0 Å². The van der Waals surface area contributed by atoms with Crippen LogP contribution in [0.4, 0.5) is 5.82 Å². The number of nitrogens with zero attached hydrogens (tertiary/aromatic N) is 3. The largest absolute Gasteiger partial charge is 0.370 e. The number of rotatable bonds is 8. The van der Waals surface area contributed by atoms with Crippen LogP contribution in [0.1, 0.15) is 30.1 Å². The van der Waals surface area contributed by atoms with Crippen LogP contribution in [0.3, 0.4) is 0 Å². The van der Waals surface area contributed by atoms with Crippen molar-refractivity contribution in [1.82, 2.24) is 19.9 Å². The van der Waals surface area contributed by atoms with Crippen LogP contribution >= 0.6 is 0 Å². The van der Waals surface area contributed by atoms with E-state index in [0.29, 0.717) is 12.1 Å². The number of carbonyl (C=O) groups excluding carboxylic acids is 1. The number of aryl methyl sites for hydroxylation is 1. The molecule has 0 aliphatic carbocycles. The predicted octanol–water partition coefficient (Wildman–Crippen LogP) is 1.92. The van der Waals surface area contributed by atoms with E-state index in [0.717, 1.165) is 31.7 Å². The molecule has 6 heteroatoms. The van der Waals surface area contributed by atoms with Crippen LogP contribution in [0.15, 0.2) is 37.1 Å². The maximum Gasteiger partial charge on any atom is 0.252 e. The topological polar surface area (TPSA) is 71.8 Å². The quantitative estimate of drug-likeness (QED) is 0.728. The van der Waals surface area contributed by atoms with E-state index in [9.17, 15) is 4.79 Å². The fourth-order valence-electron chi connectivity index (χ4n) is 1.87. The summed E-state index contributed by atoms with van der Waals surface area (Å²) in [5, 5.41) is 6.07. The highest BCUT2D eigenvalue weighted by Gasteiger charge is 2.05. The van der Waals surface area contributed by atoms with Crippen LogP contribution in [0.25, 0.3) is 0 Å². The predicted molar refractivity (Wildman–Crippen MR) is 82.2 cm³/mol. The smallest absolute Gasteiger partial charge is 0.252 e. The lowest BCUT2D eigenvalue weighted by atomic mass is 10.2. The minimum atomic E-state index is -0.0878. The van der Waals surface area contributed by atoms with Crippen molar-refractivity contribution in [3.8, 4) is 0 Å². The molecule has 0 unspecified atom stereocenters. The van der Waals surface area contributed by atoms with Gasteiger partial charge in [0.05, 0.1) is 11.9 Å². The van der Waals surface area contributed by atoms with Gasteiger partial charge in [0, 0.05) is 38.2 Å². The Morgan fingerprint density at radius 1 is 1.33 bits per heavy atom. The molecule has 2 aromatic rings. The van der Waals surface area contributed by atoms with Crippen molar-refractivity contribution in [1.29, 1.82) is 0 Å². The van der Waals surface area contributed by atoms with Gasteiger partial charge in [-0.25, -0.2) is 9.97 Å². The number of nitrogens with one attached hydrogen (secondary N) is 2. The van der Waals surface area contributed by atoms with Gasteiger partial charge in [-0.3, -0.25) is 4.79 Å². The average Bonchev–Trinajstić information content (AvgIpc) is 3.03. The molecule has 0 fully saturated rings. The van der Waals surface area contributed by atoms with Gasteiger partial charge in [-0.15, -0.1) is 0 Å². The van der Waals surface area contributed by atoms with Crippen molar-refractivity contribution in [3.63, 3.8) is 0 Å². The van der Waals surface area contributed by atoms with Crippen molar-refractivity contribution in [2.24, 2.45) is 0 Å². The van der Waals surface area contributed by atoms with Gasteiger partial charge in [0.1, 0.15) is 5.82 Å². The van der Waals surface area contributed by atoms with E-state index in [1.807, 2.05) is 16.8 Å². The normalized spacial score (nSPS) is 10.3. The molecular weight excluding hydrogens is 266 g/mol. The fraction of sp³-hybridized carbons (Fsp3) is 0.400. The van der Waals surface area contributed by atoms with Crippen molar-refractivity contribution < 1.29 is 4.79 Å². The summed E-state index contributed by atoms with van der Waals surface area (Å²) >= 11 is 0. The molecule has 2 heterocycles. The van der Waals surface area contributed by atoms with E-state index >= 15 is 0 Å². The summed E-state index contributed by atoms with van der Waals surface area (Å²) in [5.41, 5.74) is 0.583. The minimum absolute atomic E-state index is 0.0878. The number of amides is 1. The van der Waals surface area contributed by atoms with Crippen molar-refractivity contribution in [3.05, 3.63) is 42.6 Å². The van der Waals surface area contributed by atoms with Crippen molar-refractivity contribution in [2.45, 2.75) is 26.3 Å². The van der Waals surface area contributed by atoms with Crippen molar-refractivity contribution in [2.75, 3.05) is 18.4 Å². The summed E-state index contributed by atoms with van der Waals surface area (Å²) in [7, 11) is 0. The Kier molecular flexibility index (Phi) is 5.75. The number of aromatic nitrogens is 3. The highest BCUT2D eigenvalue weighted by atomic mass is 16.1. The van der Waals surface area contributed by atoms with Gasteiger partial charge in [0.2, 0.25) is 0 Å². The van der Waals surface area contributed by atoms with Crippen molar-refractivity contribution >= 4 is 11.7 Å². The zero-order valence-electron chi connectivity index (χ0n) is 12.2. The second kappa shape index (κ2) is 8.04. The van der Waals surface area contributed by atoms with Gasteiger partial charge < -0.3 is 15.2 Å². The number of hydrogen-bond donors (Lipinski definition) is 2. The SMILES string of the molecule is CCCNc1ccc(C(=O)NCCCn2ccnc2)cn1. The first-order valence-corrected chi connectivity index (χ1v) is 7.23. The van der Waals surface area contributed by atoms with Crippen LogP contribution in [0, 0.1) is 0 Å². The first kappa shape index (κ1) is 15.0. The van der Waals surface area contributed by atoms with Gasteiger partial charge in [-0.2, -0.15) is 0 Å². The number of anilines is 1. The molecule has 0 aliphatic heterocycles. The molecular formula is C15H21N5O. The van der Waals surface area contributed by atoms with Gasteiger partial charge >= 0.3 is 0 Å². The number of pyridine rings is 1. The Balaban J connectivity index is 1.72. The van der Waals surface area contributed by atoms with E-state index in [2.05, 4.69) is 27.5 Å². The fourth-order valence-corrected chi connectivity index (χ4v) is 1.87. The molecule has 0 spiro atoms. The van der Waals surface area contributed by atoms with Gasteiger partial charge in [-0.1, -0.05) is 6.92 Å². The maximum atomic E-state index is 11.9. The molecule has 2 N–H and O–H groups in total. The third-order valence-corrected chi connectivity index (χ3v) is 3.02. The van der Waals surface area contributed by atoms with E-state index < -0.39 is 0 Å². The standard InChI is InChI=1S/C15H21N5O/c1-2-6-17-14-5-4-13(11-19-14)15(21)18-7-3-9-20-10-8-16-12-20/h4-5,8,10-12H,2-3,6-7,9H2,1H3,(H,17,19)(H,18,21). The van der Waals surface area contributed by atoms with Gasteiger partial charge in [-0.05, 0) is 25.0 Å². The summed E-state index contributed by atoms with van der Waals surface area (Å²) in [6, 6.07) is 3.62. The Labute approximate surface area is 124 Å². The third-order valence-electron chi connectivity index (χ3n) is 3.02. The highest BCUT2D eigenvalue weighted by Crippen LogP contribution is 2.05. The zero-order valence-corrected chi connectivity index (χ0v) is 12.2. The summed E-state index contributed by atoms with van der Waals surface area (Å²) < 4.78 is 1.99. The average molecular weight is 287 g/mol. The van der Waals surface area contributed by atoms with Crippen LogP contribution in [0.2, 0.25) is 0 Å². The molecule has 1 amide bonds. The lowest BCUT2D eigenvalue weighted by molar-refractivity contribution is 0.0952. The molecule has 0 aliphatic rings. The first-order valence-electron chi connectivity index (χ1n) is 7.23. The van der Waals surface area contributed by atoms with Crippen LogP contribution in [-0.4, -0.2) is 33.5 Å². The maximum absolute atomic E-state index is 11.9. The van der Waals surface area contributed by atoms with Gasteiger partial charge in [0.15, 0.2) is 0 Å². The van der Waals surface area contributed by atoms with Crippen LogP contribution in [0.5, 0.6) is 0 Å². The molecule has 0 saturated carbocycles. The molecule has 0 aromatic carbocycles. The Hall–Kier alpha value is -2.37. The second-order valence-corrected chi connectivity index (χ2v) is 4.77. The molecule has 0 radical (unpaired) electrons. The summed E-state index contributed by atoms with van der Waals surface area (Å²) in [4.78, 5) is 20.1. The van der Waals surface area contributed by atoms with Gasteiger partial charge in [0.25, 0.3) is 5.91 Å². The summed E-state index contributed by atoms with van der Waals surface area (Å²) in [6.45, 7) is 4.46. The molecule has 112 valence electrons. The van der Waals surface area contributed by atoms with E-state index in [1.165, 1.54) is 0 Å². The van der Waals surface area contributed by atoms with E-state index in [-0.39, 0.29) is 5.91 Å². The molecule has 0 atom stereocenters. The molecule has 2 aromatic heterocycles. The molecule has 0 bridgehead atoms. The number of hydrogen-bond acceptors (Lipinski definition) is 4. The molecule has 0 saturated heterocycles. The number of carbonyl (C=O) groups is 1. The zero-order chi connectivity index (χ0) is 14.9.